The average Bonchev–Trinajstić information content (AvgIpc) is 2.56. The number of hydrogen-bond donors (Lipinski definition) is 1. The van der Waals surface area contributed by atoms with E-state index in [0.29, 0.717) is 0 Å². The monoisotopic (exact) mass is 349 g/mol. The van der Waals surface area contributed by atoms with Gasteiger partial charge in [0.2, 0.25) is 0 Å². The molecule has 2 nitrogen and oxygen atoms in total. The van der Waals surface area contributed by atoms with Crippen molar-refractivity contribution in [2.45, 2.75) is 77.9 Å². The molecule has 0 amide bonds. The van der Waals surface area contributed by atoms with E-state index in [2.05, 4.69) is 25.7 Å². The fraction of sp³-hybridized carbons (Fsp3) is 0.636. The van der Waals surface area contributed by atoms with Crippen LogP contribution >= 0.6 is 0 Å². The predicted molar refractivity (Wildman–Crippen MR) is 106 cm³/mol. The van der Waals surface area contributed by atoms with Crippen molar-refractivity contribution in [3.05, 3.63) is 47.8 Å². The first-order valence-electron chi connectivity index (χ1n) is 9.71. The Balaban J connectivity index is 0.000000970. The highest BCUT2D eigenvalue weighted by Gasteiger charge is 2.35. The summed E-state index contributed by atoms with van der Waals surface area (Å²) >= 11 is 0. The fourth-order valence-corrected chi connectivity index (χ4v) is 3.68. The number of halogens is 1. The Kier molecular flexibility index (Phi) is 9.99. The Morgan fingerprint density at radius 2 is 1.96 bits per heavy atom. The van der Waals surface area contributed by atoms with Crippen molar-refractivity contribution < 1.29 is 9.13 Å². The molecule has 1 saturated heterocycles. The molecule has 0 unspecified atom stereocenters. The van der Waals surface area contributed by atoms with E-state index in [0.717, 1.165) is 62.7 Å². The van der Waals surface area contributed by atoms with E-state index < -0.39 is 0 Å². The molecule has 1 aromatic rings. The largest absolute Gasteiger partial charge is 0.369 e. The second-order valence-electron chi connectivity index (χ2n) is 7.04. The Morgan fingerprint density at radius 3 is 2.52 bits per heavy atom. The Morgan fingerprint density at radius 1 is 1.32 bits per heavy atom. The number of benzene rings is 1. The highest BCUT2D eigenvalue weighted by atomic mass is 19.1. The Hall–Kier alpha value is -1.19. The summed E-state index contributed by atoms with van der Waals surface area (Å²) in [6.45, 7) is 13.5. The highest BCUT2D eigenvalue weighted by molar-refractivity contribution is 5.27. The number of aryl methyl sites for hydroxylation is 1. The number of allylic oxidation sites excluding steroid dienone is 1. The molecule has 142 valence electrons. The zero-order chi connectivity index (χ0) is 18.7. The average molecular weight is 350 g/mol. The molecule has 2 rings (SSSR count). The van der Waals surface area contributed by atoms with Crippen LogP contribution in [0.2, 0.25) is 0 Å². The van der Waals surface area contributed by atoms with Gasteiger partial charge in [0.1, 0.15) is 5.82 Å². The van der Waals surface area contributed by atoms with E-state index in [4.69, 9.17) is 4.74 Å². The molecule has 1 aromatic carbocycles. The van der Waals surface area contributed by atoms with Crippen LogP contribution in [0.1, 0.15) is 64.0 Å². The summed E-state index contributed by atoms with van der Waals surface area (Å²) in [5, 5.41) is 3.54. The minimum Gasteiger partial charge on any atom is -0.369 e. The maximum Gasteiger partial charge on any atom is 0.126 e. The van der Waals surface area contributed by atoms with Crippen LogP contribution < -0.4 is 5.32 Å². The molecule has 25 heavy (non-hydrogen) atoms. The lowest BCUT2D eigenvalue weighted by atomic mass is 9.90. The van der Waals surface area contributed by atoms with Crippen LogP contribution in [0.25, 0.3) is 0 Å². The normalized spacial score (nSPS) is 19.0. The number of nitrogens with one attached hydrogen (secondary N) is 1. The van der Waals surface area contributed by atoms with Crippen molar-refractivity contribution in [1.29, 1.82) is 0 Å². The van der Waals surface area contributed by atoms with Gasteiger partial charge in [-0.2, -0.15) is 0 Å². The van der Waals surface area contributed by atoms with Gasteiger partial charge in [0, 0.05) is 13.1 Å². The fourth-order valence-electron chi connectivity index (χ4n) is 3.68. The summed E-state index contributed by atoms with van der Waals surface area (Å²) in [7, 11) is 0. The lowest BCUT2D eigenvalue weighted by Crippen LogP contribution is -2.53. The van der Waals surface area contributed by atoms with E-state index in [-0.39, 0.29) is 17.5 Å². The van der Waals surface area contributed by atoms with E-state index in [9.17, 15) is 4.39 Å². The van der Waals surface area contributed by atoms with Gasteiger partial charge in [-0.1, -0.05) is 44.9 Å². The lowest BCUT2D eigenvalue weighted by Gasteiger charge is -2.42. The molecule has 0 saturated carbocycles. The number of rotatable bonds is 7. The SMILES string of the molecule is C=CC.CCCC1(CCC)CNC[C@@H](CCc2c(C)cccc2F)O1. The quantitative estimate of drug-likeness (QED) is 0.648. The second kappa shape index (κ2) is 11.4. The van der Waals surface area contributed by atoms with Crippen LogP contribution in [-0.2, 0) is 11.2 Å². The molecule has 0 bridgehead atoms. The lowest BCUT2D eigenvalue weighted by molar-refractivity contribution is -0.127. The Labute approximate surface area is 153 Å². The third kappa shape index (κ3) is 6.91. The molecule has 1 fully saturated rings. The minimum absolute atomic E-state index is 0.0172. The predicted octanol–water partition coefficient (Wildman–Crippen LogP) is 5.59. The molecule has 0 aliphatic carbocycles. The molecule has 1 N–H and O–H groups in total. The first kappa shape index (κ1) is 21.9. The van der Waals surface area contributed by atoms with Gasteiger partial charge < -0.3 is 10.1 Å². The standard InChI is InChI=1S/C19H30FNO.C3H6/c1-4-11-19(12-5-2)14-21-13-16(22-19)9-10-17-15(3)7-6-8-18(17)20;1-3-2/h6-8,16,21H,4-5,9-14H2,1-3H3;3H,1H2,2H3/t16-;/m1./s1. The van der Waals surface area contributed by atoms with Crippen molar-refractivity contribution in [3.63, 3.8) is 0 Å². The molecule has 1 aliphatic heterocycles. The van der Waals surface area contributed by atoms with Crippen molar-refractivity contribution in [2.75, 3.05) is 13.1 Å². The molecule has 0 aromatic heterocycles. The summed E-state index contributed by atoms with van der Waals surface area (Å²) in [6.07, 6.45) is 8.04. The molecular weight excluding hydrogens is 313 g/mol. The van der Waals surface area contributed by atoms with E-state index in [1.807, 2.05) is 19.9 Å². The van der Waals surface area contributed by atoms with E-state index in [1.54, 1.807) is 18.2 Å². The zero-order valence-corrected chi connectivity index (χ0v) is 16.5. The first-order valence-corrected chi connectivity index (χ1v) is 9.71. The molecule has 0 radical (unpaired) electrons. The van der Waals surface area contributed by atoms with Crippen molar-refractivity contribution in [3.8, 4) is 0 Å². The van der Waals surface area contributed by atoms with Gasteiger partial charge in [-0.05, 0) is 56.7 Å². The second-order valence-corrected chi connectivity index (χ2v) is 7.04. The minimum atomic E-state index is -0.0860. The Bertz CT molecular complexity index is 483. The van der Waals surface area contributed by atoms with Crippen LogP contribution in [0.5, 0.6) is 0 Å². The third-order valence-corrected chi connectivity index (χ3v) is 4.72. The summed E-state index contributed by atoms with van der Waals surface area (Å²) in [5.74, 6) is -0.0860. The molecule has 3 heteroatoms. The van der Waals surface area contributed by atoms with E-state index >= 15 is 0 Å². The van der Waals surface area contributed by atoms with Crippen LogP contribution in [-0.4, -0.2) is 24.8 Å². The number of hydrogen-bond acceptors (Lipinski definition) is 2. The summed E-state index contributed by atoms with van der Waals surface area (Å²) in [4.78, 5) is 0. The van der Waals surface area contributed by atoms with Crippen LogP contribution in [0.3, 0.4) is 0 Å². The number of ether oxygens (including phenoxy) is 1. The molecule has 1 aliphatic rings. The first-order chi connectivity index (χ1) is 12.0. The summed E-state index contributed by atoms with van der Waals surface area (Å²) in [6, 6.07) is 5.32. The maximum atomic E-state index is 13.9. The van der Waals surface area contributed by atoms with Crippen molar-refractivity contribution in [2.24, 2.45) is 0 Å². The molecule has 0 spiro atoms. The van der Waals surface area contributed by atoms with Gasteiger partial charge in [-0.25, -0.2) is 4.39 Å². The summed E-state index contributed by atoms with van der Waals surface area (Å²) in [5.41, 5.74) is 1.86. The highest BCUT2D eigenvalue weighted by Crippen LogP contribution is 2.29. The third-order valence-electron chi connectivity index (χ3n) is 4.72. The van der Waals surface area contributed by atoms with Crippen LogP contribution in [0.4, 0.5) is 4.39 Å². The smallest absolute Gasteiger partial charge is 0.126 e. The number of morpholine rings is 1. The van der Waals surface area contributed by atoms with Gasteiger partial charge >= 0.3 is 0 Å². The summed E-state index contributed by atoms with van der Waals surface area (Å²) < 4.78 is 20.4. The molecule has 1 atom stereocenters. The topological polar surface area (TPSA) is 21.3 Å². The van der Waals surface area contributed by atoms with Gasteiger partial charge in [0.15, 0.2) is 0 Å². The zero-order valence-electron chi connectivity index (χ0n) is 16.5. The molecular formula is C22H36FNO. The van der Waals surface area contributed by atoms with Gasteiger partial charge in [0.25, 0.3) is 0 Å². The van der Waals surface area contributed by atoms with Crippen LogP contribution in [0.15, 0.2) is 30.9 Å². The van der Waals surface area contributed by atoms with Gasteiger partial charge in [-0.15, -0.1) is 6.58 Å². The molecule has 1 heterocycles. The van der Waals surface area contributed by atoms with Crippen molar-refractivity contribution in [1.82, 2.24) is 5.32 Å². The van der Waals surface area contributed by atoms with E-state index in [1.165, 1.54) is 0 Å². The van der Waals surface area contributed by atoms with Gasteiger partial charge in [0.05, 0.1) is 11.7 Å². The van der Waals surface area contributed by atoms with Crippen molar-refractivity contribution >= 4 is 0 Å². The van der Waals surface area contributed by atoms with Gasteiger partial charge in [-0.3, -0.25) is 0 Å². The maximum absolute atomic E-state index is 13.9. The van der Waals surface area contributed by atoms with Crippen LogP contribution in [0, 0.1) is 12.7 Å².